The molecule has 43 heavy (non-hydrogen) atoms. The van der Waals surface area contributed by atoms with Crippen molar-refractivity contribution >= 4 is 29.3 Å². The van der Waals surface area contributed by atoms with Crippen LogP contribution in [-0.2, 0) is 30.8 Å². The monoisotopic (exact) mass is 599 g/mol. The Bertz CT molecular complexity index is 1590. The van der Waals surface area contributed by atoms with Crippen LogP contribution >= 0.6 is 11.6 Å². The summed E-state index contributed by atoms with van der Waals surface area (Å²) in [6, 6.07) is 20.7. The summed E-state index contributed by atoms with van der Waals surface area (Å²) in [5.74, 6) is 1.14. The molecule has 0 radical (unpaired) electrons. The van der Waals surface area contributed by atoms with Gasteiger partial charge in [-0.3, -0.25) is 4.90 Å². The normalized spacial score (nSPS) is 14.7. The van der Waals surface area contributed by atoms with Gasteiger partial charge in [0.15, 0.2) is 0 Å². The maximum absolute atomic E-state index is 11.0. The van der Waals surface area contributed by atoms with E-state index >= 15 is 0 Å². The van der Waals surface area contributed by atoms with Gasteiger partial charge in [-0.15, -0.1) is 0 Å². The number of piperazine rings is 1. The molecule has 3 N–H and O–H groups in total. The van der Waals surface area contributed by atoms with Crippen molar-refractivity contribution in [1.29, 1.82) is 0 Å². The molecule has 222 valence electrons. The number of aryl methyl sites for hydroxylation is 1. The summed E-state index contributed by atoms with van der Waals surface area (Å²) in [5.41, 5.74) is 12.9. The lowest BCUT2D eigenvalue weighted by Gasteiger charge is -2.37. The molecule has 0 atom stereocenters. The number of nitrogens with zero attached hydrogens (tertiary/aromatic N) is 4. The number of aromatic nitrogens is 2. The zero-order valence-electron chi connectivity index (χ0n) is 23.8. The molecular formula is C33H34ClN5O4. The minimum atomic E-state index is -0.924. The molecule has 1 aliphatic heterocycles. The summed E-state index contributed by atoms with van der Waals surface area (Å²) in [5, 5.41) is 9.75. The topological polar surface area (TPSA) is 114 Å². The Kier molecular flexibility index (Phi) is 8.74. The number of aromatic carboxylic acids is 1. The van der Waals surface area contributed by atoms with Crippen molar-refractivity contribution in [2.75, 3.05) is 50.0 Å². The van der Waals surface area contributed by atoms with E-state index in [0.29, 0.717) is 24.8 Å². The SMILES string of the molecule is Nc1nc2c(c(N3CCN(CCOCc4ccc(C(=O)O)cc4)CC3)n1)CCc1cc(OCc3ccc(Cl)cc3)ccc1-2. The number of anilines is 2. The average Bonchev–Trinajstić information content (AvgIpc) is 3.03. The van der Waals surface area contributed by atoms with Crippen LogP contribution in [0.2, 0.25) is 5.02 Å². The highest BCUT2D eigenvalue weighted by Crippen LogP contribution is 2.38. The number of carbonyl (C=O) groups is 1. The van der Waals surface area contributed by atoms with Gasteiger partial charge in [0.25, 0.3) is 0 Å². The third-order valence-electron chi connectivity index (χ3n) is 7.99. The Hall–Kier alpha value is -4.18. The van der Waals surface area contributed by atoms with Gasteiger partial charge < -0.3 is 25.2 Å². The van der Waals surface area contributed by atoms with Crippen molar-refractivity contribution < 1.29 is 19.4 Å². The predicted molar refractivity (Wildman–Crippen MR) is 167 cm³/mol. The van der Waals surface area contributed by atoms with Crippen LogP contribution in [0.3, 0.4) is 0 Å². The maximum atomic E-state index is 11.0. The van der Waals surface area contributed by atoms with E-state index in [1.165, 1.54) is 5.56 Å². The fraction of sp³-hybridized carbons (Fsp3) is 0.303. The van der Waals surface area contributed by atoms with E-state index in [2.05, 4.69) is 26.9 Å². The molecule has 4 aromatic rings. The van der Waals surface area contributed by atoms with Gasteiger partial charge in [-0.25, -0.2) is 9.78 Å². The van der Waals surface area contributed by atoms with Gasteiger partial charge in [0.05, 0.1) is 24.5 Å². The number of fused-ring (bicyclic) bond motifs is 3. The number of ether oxygens (including phenoxy) is 2. The average molecular weight is 600 g/mol. The number of carboxylic acid groups (broad SMARTS) is 1. The van der Waals surface area contributed by atoms with Crippen LogP contribution < -0.4 is 15.4 Å². The number of hydrogen-bond acceptors (Lipinski definition) is 8. The highest BCUT2D eigenvalue weighted by atomic mass is 35.5. The second kappa shape index (κ2) is 13.0. The van der Waals surface area contributed by atoms with Gasteiger partial charge in [-0.1, -0.05) is 35.9 Å². The number of hydrogen-bond donors (Lipinski definition) is 2. The first-order chi connectivity index (χ1) is 20.9. The molecule has 2 heterocycles. The second-order valence-corrected chi connectivity index (χ2v) is 11.3. The third-order valence-corrected chi connectivity index (χ3v) is 8.24. The summed E-state index contributed by atoms with van der Waals surface area (Å²) < 4.78 is 11.9. The van der Waals surface area contributed by atoms with Crippen LogP contribution in [0.15, 0.2) is 66.7 Å². The van der Waals surface area contributed by atoms with E-state index in [1.54, 1.807) is 24.3 Å². The van der Waals surface area contributed by atoms with E-state index in [4.69, 9.17) is 36.9 Å². The van der Waals surface area contributed by atoms with E-state index in [1.807, 2.05) is 30.3 Å². The summed E-state index contributed by atoms with van der Waals surface area (Å²) in [7, 11) is 0. The number of benzene rings is 3. The Morgan fingerprint density at radius 3 is 2.37 bits per heavy atom. The van der Waals surface area contributed by atoms with Crippen molar-refractivity contribution in [3.63, 3.8) is 0 Å². The molecule has 0 bridgehead atoms. The minimum absolute atomic E-state index is 0.280. The molecule has 0 spiro atoms. The zero-order chi connectivity index (χ0) is 29.8. The van der Waals surface area contributed by atoms with Gasteiger partial charge in [0, 0.05) is 48.9 Å². The molecule has 1 saturated heterocycles. The van der Waals surface area contributed by atoms with Crippen LogP contribution in [0.4, 0.5) is 11.8 Å². The highest BCUT2D eigenvalue weighted by Gasteiger charge is 2.27. The van der Waals surface area contributed by atoms with Crippen molar-refractivity contribution in [2.45, 2.75) is 26.1 Å². The molecule has 3 aromatic carbocycles. The summed E-state index contributed by atoms with van der Waals surface area (Å²) >= 11 is 6.00. The number of halogens is 1. The van der Waals surface area contributed by atoms with Gasteiger partial charge in [-0.05, 0) is 72.0 Å². The fourth-order valence-electron chi connectivity index (χ4n) is 5.62. The van der Waals surface area contributed by atoms with Crippen LogP contribution in [0.25, 0.3) is 11.3 Å². The lowest BCUT2D eigenvalue weighted by Crippen LogP contribution is -2.48. The first-order valence-electron chi connectivity index (χ1n) is 14.5. The van der Waals surface area contributed by atoms with Crippen LogP contribution in [0.5, 0.6) is 5.75 Å². The highest BCUT2D eigenvalue weighted by molar-refractivity contribution is 6.30. The van der Waals surface area contributed by atoms with Crippen LogP contribution in [0.1, 0.15) is 32.6 Å². The Balaban J connectivity index is 1.04. The molecular weight excluding hydrogens is 566 g/mol. The van der Waals surface area contributed by atoms with E-state index in [-0.39, 0.29) is 11.5 Å². The smallest absolute Gasteiger partial charge is 0.335 e. The minimum Gasteiger partial charge on any atom is -0.489 e. The van der Waals surface area contributed by atoms with Crippen molar-refractivity contribution in [3.05, 3.63) is 99.6 Å². The molecule has 0 saturated carbocycles. The molecule has 1 fully saturated rings. The second-order valence-electron chi connectivity index (χ2n) is 10.9. The number of nitrogen functional groups attached to an aromatic ring is 1. The van der Waals surface area contributed by atoms with Gasteiger partial charge in [-0.2, -0.15) is 4.98 Å². The summed E-state index contributed by atoms with van der Waals surface area (Å²) in [6.07, 6.45) is 1.73. The molecule has 9 nitrogen and oxygen atoms in total. The molecule has 2 aliphatic rings. The first-order valence-corrected chi connectivity index (χ1v) is 14.8. The quantitative estimate of drug-likeness (QED) is 0.240. The van der Waals surface area contributed by atoms with Gasteiger partial charge in [0.1, 0.15) is 18.2 Å². The molecule has 1 aromatic heterocycles. The van der Waals surface area contributed by atoms with E-state index in [0.717, 1.165) is 85.1 Å². The molecule has 0 unspecified atom stereocenters. The lowest BCUT2D eigenvalue weighted by molar-refractivity contribution is 0.0696. The summed E-state index contributed by atoms with van der Waals surface area (Å²) in [4.78, 5) is 25.1. The number of carboxylic acids is 1. The Morgan fingerprint density at radius 1 is 0.907 bits per heavy atom. The number of nitrogens with two attached hydrogens (primary N) is 1. The van der Waals surface area contributed by atoms with Crippen molar-refractivity contribution in [3.8, 4) is 17.0 Å². The number of rotatable bonds is 10. The standard InChI is InChI=1S/C33H34ClN5O4/c34-26-8-3-23(4-9-26)21-43-27-10-12-28-25(19-27)7-11-29-30(28)36-33(35)37-31(29)39-15-13-38(14-16-39)17-18-42-20-22-1-5-24(6-2-22)32(40)41/h1-6,8-10,12,19H,7,11,13-18,20-21H2,(H,40,41)(H2,35,36,37). The first kappa shape index (κ1) is 28.9. The van der Waals surface area contributed by atoms with Crippen LogP contribution in [-0.4, -0.2) is 65.3 Å². The molecule has 10 heteroatoms. The van der Waals surface area contributed by atoms with Gasteiger partial charge >= 0.3 is 5.97 Å². The van der Waals surface area contributed by atoms with Crippen molar-refractivity contribution in [1.82, 2.24) is 14.9 Å². The Labute approximate surface area is 255 Å². The largest absolute Gasteiger partial charge is 0.489 e. The molecule has 6 rings (SSSR count). The van der Waals surface area contributed by atoms with Gasteiger partial charge in [0.2, 0.25) is 5.95 Å². The lowest BCUT2D eigenvalue weighted by atomic mass is 9.88. The maximum Gasteiger partial charge on any atom is 0.335 e. The zero-order valence-corrected chi connectivity index (χ0v) is 24.6. The third kappa shape index (κ3) is 6.91. The van der Waals surface area contributed by atoms with Crippen LogP contribution in [0, 0.1) is 0 Å². The van der Waals surface area contributed by atoms with E-state index < -0.39 is 5.97 Å². The Morgan fingerprint density at radius 2 is 1.63 bits per heavy atom. The van der Waals surface area contributed by atoms with E-state index in [9.17, 15) is 4.79 Å². The fourth-order valence-corrected chi connectivity index (χ4v) is 5.74. The molecule has 0 amide bonds. The summed E-state index contributed by atoms with van der Waals surface area (Å²) in [6.45, 7) is 5.89. The molecule has 1 aliphatic carbocycles. The predicted octanol–water partition coefficient (Wildman–Crippen LogP) is 5.09. The van der Waals surface area contributed by atoms with Crippen molar-refractivity contribution in [2.24, 2.45) is 0 Å².